The minimum atomic E-state index is -0.101. The largest absolute Gasteiger partial charge is 0.497 e. The summed E-state index contributed by atoms with van der Waals surface area (Å²) in [6.07, 6.45) is 3.09. The van der Waals surface area contributed by atoms with Gasteiger partial charge in [0.25, 0.3) is 0 Å². The van der Waals surface area contributed by atoms with E-state index in [1.807, 2.05) is 24.3 Å². The molecule has 2 rings (SSSR count). The van der Waals surface area contributed by atoms with Crippen molar-refractivity contribution in [2.75, 3.05) is 13.7 Å². The number of benzene rings is 1. The fourth-order valence-electron chi connectivity index (χ4n) is 1.69. The summed E-state index contributed by atoms with van der Waals surface area (Å²) in [6, 6.07) is 10.2. The standard InChI is InChI=1S/C14H18N2O2/c1-17-13-4-6-14(7-5-13)18-9-8-12(10-15)16-11-2-3-11/h4-7,11-12,16H,2-3,8-9H2,1H3. The first-order valence-corrected chi connectivity index (χ1v) is 6.24. The third-order valence-electron chi connectivity index (χ3n) is 2.90. The van der Waals surface area contributed by atoms with E-state index in [1.54, 1.807) is 7.11 Å². The highest BCUT2D eigenvalue weighted by Gasteiger charge is 2.24. The average molecular weight is 246 g/mol. The van der Waals surface area contributed by atoms with Gasteiger partial charge in [0.05, 0.1) is 25.8 Å². The Labute approximate surface area is 108 Å². The lowest BCUT2D eigenvalue weighted by atomic mass is 10.2. The molecule has 18 heavy (non-hydrogen) atoms. The normalized spacial score (nSPS) is 15.8. The summed E-state index contributed by atoms with van der Waals surface area (Å²) >= 11 is 0. The second kappa shape index (κ2) is 6.27. The van der Waals surface area contributed by atoms with E-state index in [9.17, 15) is 0 Å². The van der Waals surface area contributed by atoms with Gasteiger partial charge >= 0.3 is 0 Å². The molecule has 0 aliphatic heterocycles. The van der Waals surface area contributed by atoms with Crippen molar-refractivity contribution in [1.82, 2.24) is 5.32 Å². The van der Waals surface area contributed by atoms with Gasteiger partial charge in [0.2, 0.25) is 0 Å². The Kier molecular flexibility index (Phi) is 4.43. The Balaban J connectivity index is 1.71. The number of rotatable bonds is 7. The van der Waals surface area contributed by atoms with Crippen LogP contribution in [-0.2, 0) is 0 Å². The molecule has 1 saturated carbocycles. The first-order valence-electron chi connectivity index (χ1n) is 6.24. The lowest BCUT2D eigenvalue weighted by Crippen LogP contribution is -2.31. The van der Waals surface area contributed by atoms with E-state index >= 15 is 0 Å². The third kappa shape index (κ3) is 3.94. The number of hydrogen-bond acceptors (Lipinski definition) is 4. The second-order valence-electron chi connectivity index (χ2n) is 4.44. The van der Waals surface area contributed by atoms with Gasteiger partial charge in [-0.3, -0.25) is 5.32 Å². The van der Waals surface area contributed by atoms with Crippen molar-refractivity contribution in [3.8, 4) is 17.6 Å². The Morgan fingerprint density at radius 3 is 2.56 bits per heavy atom. The first kappa shape index (κ1) is 12.7. The van der Waals surface area contributed by atoms with E-state index in [4.69, 9.17) is 14.7 Å². The lowest BCUT2D eigenvalue weighted by Gasteiger charge is -2.11. The molecular formula is C14H18N2O2. The quantitative estimate of drug-likeness (QED) is 0.800. The van der Waals surface area contributed by atoms with E-state index in [-0.39, 0.29) is 6.04 Å². The highest BCUT2D eigenvalue weighted by molar-refractivity contribution is 5.31. The molecule has 4 nitrogen and oxygen atoms in total. The van der Waals surface area contributed by atoms with Gasteiger partial charge in [-0.05, 0) is 37.1 Å². The molecule has 0 heterocycles. The van der Waals surface area contributed by atoms with Crippen LogP contribution in [0.1, 0.15) is 19.3 Å². The van der Waals surface area contributed by atoms with Crippen molar-refractivity contribution in [3.05, 3.63) is 24.3 Å². The summed E-state index contributed by atoms with van der Waals surface area (Å²) in [5, 5.41) is 12.3. The lowest BCUT2D eigenvalue weighted by molar-refractivity contribution is 0.296. The summed E-state index contributed by atoms with van der Waals surface area (Å²) in [5.74, 6) is 1.62. The van der Waals surface area contributed by atoms with Crippen LogP contribution < -0.4 is 14.8 Å². The first-order chi connectivity index (χ1) is 8.81. The molecule has 0 spiro atoms. The third-order valence-corrected chi connectivity index (χ3v) is 2.90. The molecule has 4 heteroatoms. The Morgan fingerprint density at radius 2 is 2.00 bits per heavy atom. The van der Waals surface area contributed by atoms with Crippen LogP contribution in [0.5, 0.6) is 11.5 Å². The number of hydrogen-bond donors (Lipinski definition) is 1. The molecule has 1 aliphatic rings. The van der Waals surface area contributed by atoms with E-state index in [0.717, 1.165) is 11.5 Å². The highest BCUT2D eigenvalue weighted by atomic mass is 16.5. The summed E-state index contributed by atoms with van der Waals surface area (Å²) in [6.45, 7) is 0.546. The molecule has 0 saturated heterocycles. The number of ether oxygens (including phenoxy) is 2. The van der Waals surface area contributed by atoms with Crippen LogP contribution in [0, 0.1) is 11.3 Å². The zero-order valence-electron chi connectivity index (χ0n) is 10.6. The molecule has 0 amide bonds. The van der Waals surface area contributed by atoms with Crippen LogP contribution in [0.15, 0.2) is 24.3 Å². The van der Waals surface area contributed by atoms with Crippen molar-refractivity contribution >= 4 is 0 Å². The summed E-state index contributed by atoms with van der Waals surface area (Å²) in [4.78, 5) is 0. The highest BCUT2D eigenvalue weighted by Crippen LogP contribution is 2.20. The molecule has 1 aliphatic carbocycles. The molecule has 96 valence electrons. The number of nitrogens with one attached hydrogen (secondary N) is 1. The number of nitriles is 1. The van der Waals surface area contributed by atoms with E-state index < -0.39 is 0 Å². The van der Waals surface area contributed by atoms with E-state index in [2.05, 4.69) is 11.4 Å². The molecule has 0 radical (unpaired) electrons. The molecule has 1 fully saturated rings. The fraction of sp³-hybridized carbons (Fsp3) is 0.500. The van der Waals surface area contributed by atoms with Crippen LogP contribution in [-0.4, -0.2) is 25.8 Å². The van der Waals surface area contributed by atoms with Crippen LogP contribution in [0.3, 0.4) is 0 Å². The summed E-state index contributed by atoms with van der Waals surface area (Å²) < 4.78 is 10.7. The van der Waals surface area contributed by atoms with Crippen molar-refractivity contribution < 1.29 is 9.47 Å². The van der Waals surface area contributed by atoms with Crippen molar-refractivity contribution in [2.24, 2.45) is 0 Å². The van der Waals surface area contributed by atoms with Gasteiger partial charge < -0.3 is 9.47 Å². The number of methoxy groups -OCH3 is 1. The van der Waals surface area contributed by atoms with E-state index in [0.29, 0.717) is 19.1 Å². The molecule has 1 aromatic carbocycles. The Morgan fingerprint density at radius 1 is 1.33 bits per heavy atom. The smallest absolute Gasteiger partial charge is 0.119 e. The van der Waals surface area contributed by atoms with Gasteiger partial charge in [-0.25, -0.2) is 0 Å². The molecule has 1 unspecified atom stereocenters. The van der Waals surface area contributed by atoms with Gasteiger partial charge in [0.15, 0.2) is 0 Å². The maximum absolute atomic E-state index is 8.98. The monoisotopic (exact) mass is 246 g/mol. The van der Waals surface area contributed by atoms with E-state index in [1.165, 1.54) is 12.8 Å². The predicted molar refractivity (Wildman–Crippen MR) is 68.7 cm³/mol. The van der Waals surface area contributed by atoms with Gasteiger partial charge in [-0.2, -0.15) is 5.26 Å². The maximum Gasteiger partial charge on any atom is 0.119 e. The van der Waals surface area contributed by atoms with Gasteiger partial charge in [0.1, 0.15) is 11.5 Å². The summed E-state index contributed by atoms with van der Waals surface area (Å²) in [7, 11) is 1.64. The topological polar surface area (TPSA) is 54.3 Å². The second-order valence-corrected chi connectivity index (χ2v) is 4.44. The van der Waals surface area contributed by atoms with Crippen LogP contribution in [0.4, 0.5) is 0 Å². The summed E-state index contributed by atoms with van der Waals surface area (Å²) in [5.41, 5.74) is 0. The van der Waals surface area contributed by atoms with Crippen molar-refractivity contribution in [2.45, 2.75) is 31.3 Å². The fourth-order valence-corrected chi connectivity index (χ4v) is 1.69. The average Bonchev–Trinajstić information content (AvgIpc) is 3.22. The van der Waals surface area contributed by atoms with Crippen LogP contribution in [0.25, 0.3) is 0 Å². The molecule has 0 bridgehead atoms. The predicted octanol–water partition coefficient (Wildman–Crippen LogP) is 2.11. The van der Waals surface area contributed by atoms with Gasteiger partial charge in [0, 0.05) is 12.5 Å². The van der Waals surface area contributed by atoms with Gasteiger partial charge in [-0.15, -0.1) is 0 Å². The minimum Gasteiger partial charge on any atom is -0.497 e. The van der Waals surface area contributed by atoms with Gasteiger partial charge in [-0.1, -0.05) is 0 Å². The molecular weight excluding hydrogens is 228 g/mol. The van der Waals surface area contributed by atoms with Crippen molar-refractivity contribution in [1.29, 1.82) is 5.26 Å². The van der Waals surface area contributed by atoms with Crippen LogP contribution >= 0.6 is 0 Å². The maximum atomic E-state index is 8.98. The molecule has 1 N–H and O–H groups in total. The van der Waals surface area contributed by atoms with Crippen molar-refractivity contribution in [3.63, 3.8) is 0 Å². The minimum absolute atomic E-state index is 0.101. The SMILES string of the molecule is COc1ccc(OCCC(C#N)NC2CC2)cc1. The number of nitrogens with zero attached hydrogens (tertiary/aromatic N) is 1. The zero-order valence-corrected chi connectivity index (χ0v) is 10.6. The molecule has 1 atom stereocenters. The Hall–Kier alpha value is -1.73. The molecule has 0 aromatic heterocycles. The zero-order chi connectivity index (χ0) is 12.8. The molecule has 1 aromatic rings. The van der Waals surface area contributed by atoms with Crippen LogP contribution in [0.2, 0.25) is 0 Å². The Bertz CT molecular complexity index is 407.